The Bertz CT molecular complexity index is 1080. The number of nitrogens with zero attached hydrogens (tertiary/aromatic N) is 2. The number of amides is 3. The van der Waals surface area contributed by atoms with E-state index in [0.717, 1.165) is 28.1 Å². The quantitative estimate of drug-likeness (QED) is 0.518. The third-order valence-electron chi connectivity index (χ3n) is 5.21. The molecule has 4 rings (SSSR count). The Balaban J connectivity index is 1.53. The van der Waals surface area contributed by atoms with Gasteiger partial charge < -0.3 is 10.2 Å². The van der Waals surface area contributed by atoms with Crippen LogP contribution in [0.4, 0.5) is 16.2 Å². The van der Waals surface area contributed by atoms with Crippen molar-refractivity contribution in [3.05, 3.63) is 81.0 Å². The van der Waals surface area contributed by atoms with Crippen LogP contribution in [0.3, 0.4) is 0 Å². The van der Waals surface area contributed by atoms with Gasteiger partial charge in [0.15, 0.2) is 0 Å². The number of aryl methyl sites for hydroxylation is 1. The van der Waals surface area contributed by atoms with Crippen molar-refractivity contribution in [3.63, 3.8) is 0 Å². The van der Waals surface area contributed by atoms with E-state index >= 15 is 0 Å². The summed E-state index contributed by atoms with van der Waals surface area (Å²) in [6, 6.07) is 17.2. The molecule has 1 fully saturated rings. The molecule has 31 heavy (non-hydrogen) atoms. The third kappa shape index (κ3) is 5.27. The van der Waals surface area contributed by atoms with E-state index in [1.54, 1.807) is 16.2 Å². The maximum atomic E-state index is 13.3. The predicted octanol–water partition coefficient (Wildman–Crippen LogP) is 5.72. The highest BCUT2D eigenvalue weighted by molar-refractivity contribution is 7.10. The molecule has 0 spiro atoms. The molecule has 1 aliphatic rings. The molecule has 5 nitrogen and oxygen atoms in total. The number of nitrogens with one attached hydrogen (secondary N) is 1. The Hall–Kier alpha value is -2.83. The minimum atomic E-state index is -0.0884. The first kappa shape index (κ1) is 21.4. The monoisotopic (exact) mass is 453 g/mol. The predicted molar refractivity (Wildman–Crippen MR) is 127 cm³/mol. The molecule has 1 aromatic heterocycles. The number of thiophene rings is 1. The van der Waals surface area contributed by atoms with E-state index in [0.29, 0.717) is 36.8 Å². The molecular formula is C24H24ClN3O2S. The first-order valence-electron chi connectivity index (χ1n) is 10.2. The van der Waals surface area contributed by atoms with Crippen LogP contribution in [0.25, 0.3) is 0 Å². The van der Waals surface area contributed by atoms with E-state index < -0.39 is 0 Å². The highest BCUT2D eigenvalue weighted by atomic mass is 35.5. The van der Waals surface area contributed by atoms with Crippen LogP contribution < -0.4 is 10.2 Å². The molecule has 160 valence electrons. The highest BCUT2D eigenvalue weighted by Gasteiger charge is 2.28. The van der Waals surface area contributed by atoms with Gasteiger partial charge >= 0.3 is 6.03 Å². The largest absolute Gasteiger partial charge is 0.324 e. The molecule has 3 amide bonds. The topological polar surface area (TPSA) is 52.6 Å². The summed E-state index contributed by atoms with van der Waals surface area (Å²) >= 11 is 7.66. The van der Waals surface area contributed by atoms with Crippen LogP contribution in [-0.2, 0) is 17.8 Å². The van der Waals surface area contributed by atoms with E-state index in [1.165, 1.54) is 0 Å². The number of hydrogen-bond donors (Lipinski definition) is 1. The molecule has 1 saturated heterocycles. The van der Waals surface area contributed by atoms with Gasteiger partial charge in [-0.1, -0.05) is 35.9 Å². The van der Waals surface area contributed by atoms with Gasteiger partial charge in [0.05, 0.1) is 17.8 Å². The van der Waals surface area contributed by atoms with Gasteiger partial charge in [-0.3, -0.25) is 9.69 Å². The van der Waals surface area contributed by atoms with Crippen LogP contribution >= 0.6 is 22.9 Å². The number of carbonyl (C=O) groups excluding carboxylic acids is 2. The summed E-state index contributed by atoms with van der Waals surface area (Å²) in [4.78, 5) is 30.5. The van der Waals surface area contributed by atoms with Gasteiger partial charge in [-0.05, 0) is 60.2 Å². The second-order valence-corrected chi connectivity index (χ2v) is 9.13. The van der Waals surface area contributed by atoms with Gasteiger partial charge in [-0.15, -0.1) is 11.3 Å². The normalized spacial score (nSPS) is 14.1. The molecule has 3 aromatic rings. The summed E-state index contributed by atoms with van der Waals surface area (Å²) in [6.07, 6.45) is 1.17. The minimum absolute atomic E-state index is 0.0659. The Labute approximate surface area is 191 Å². The van der Waals surface area contributed by atoms with Crippen LogP contribution in [0, 0.1) is 6.92 Å². The zero-order valence-electron chi connectivity index (χ0n) is 17.3. The Morgan fingerprint density at radius 3 is 2.77 bits per heavy atom. The fourth-order valence-electron chi connectivity index (χ4n) is 3.76. The highest BCUT2D eigenvalue weighted by Crippen LogP contribution is 2.31. The van der Waals surface area contributed by atoms with Crippen LogP contribution in [0.5, 0.6) is 0 Å². The number of urea groups is 1. The number of rotatable bonds is 6. The Morgan fingerprint density at radius 2 is 2.00 bits per heavy atom. The summed E-state index contributed by atoms with van der Waals surface area (Å²) in [5.41, 5.74) is 3.41. The molecule has 1 aliphatic heterocycles. The van der Waals surface area contributed by atoms with Crippen molar-refractivity contribution in [1.82, 2.24) is 4.90 Å². The summed E-state index contributed by atoms with van der Waals surface area (Å²) in [6.45, 7) is 3.78. The maximum absolute atomic E-state index is 13.3. The first-order valence-corrected chi connectivity index (χ1v) is 11.5. The van der Waals surface area contributed by atoms with Crippen molar-refractivity contribution < 1.29 is 9.59 Å². The molecule has 2 aromatic carbocycles. The third-order valence-corrected chi connectivity index (χ3v) is 6.32. The van der Waals surface area contributed by atoms with E-state index in [1.807, 2.05) is 71.8 Å². The second-order valence-electron chi connectivity index (χ2n) is 7.66. The lowest BCUT2D eigenvalue weighted by molar-refractivity contribution is -0.115. The summed E-state index contributed by atoms with van der Waals surface area (Å²) in [5.74, 6) is -0.0884. The number of anilines is 2. The molecule has 0 unspecified atom stereocenters. The molecule has 1 N–H and O–H groups in total. The number of halogens is 1. The summed E-state index contributed by atoms with van der Waals surface area (Å²) in [7, 11) is 0. The van der Waals surface area contributed by atoms with Gasteiger partial charge in [0.25, 0.3) is 0 Å². The molecule has 0 bridgehead atoms. The lowest BCUT2D eigenvalue weighted by Gasteiger charge is -2.36. The van der Waals surface area contributed by atoms with E-state index in [-0.39, 0.29) is 11.9 Å². The zero-order chi connectivity index (χ0) is 21.8. The van der Waals surface area contributed by atoms with Gasteiger partial charge in [-0.2, -0.15) is 0 Å². The summed E-state index contributed by atoms with van der Waals surface area (Å²) < 4.78 is 0. The lowest BCUT2D eigenvalue weighted by atomic mass is 10.1. The summed E-state index contributed by atoms with van der Waals surface area (Å²) in [5, 5.41) is 5.64. The van der Waals surface area contributed by atoms with Crippen molar-refractivity contribution in [2.75, 3.05) is 23.3 Å². The van der Waals surface area contributed by atoms with Crippen molar-refractivity contribution in [2.24, 2.45) is 0 Å². The molecule has 2 heterocycles. The fraction of sp³-hybridized carbons (Fsp3) is 0.250. The number of benzene rings is 2. The molecule has 0 atom stereocenters. The van der Waals surface area contributed by atoms with Crippen molar-refractivity contribution in [1.29, 1.82) is 0 Å². The van der Waals surface area contributed by atoms with Crippen molar-refractivity contribution in [3.8, 4) is 0 Å². The second kappa shape index (κ2) is 9.54. The minimum Gasteiger partial charge on any atom is -0.324 e. The zero-order valence-corrected chi connectivity index (χ0v) is 18.9. The van der Waals surface area contributed by atoms with Gasteiger partial charge in [0.1, 0.15) is 0 Å². The van der Waals surface area contributed by atoms with Crippen LogP contribution in [0.15, 0.2) is 60.0 Å². The molecule has 0 aliphatic carbocycles. The van der Waals surface area contributed by atoms with E-state index in [2.05, 4.69) is 5.32 Å². The molecule has 0 radical (unpaired) electrons. The SMILES string of the molecule is Cc1ccc(N2CCCN(Cc3cccc(Cl)c3)C2=O)c(NC(=O)Cc2cccs2)c1. The van der Waals surface area contributed by atoms with Crippen LogP contribution in [0.2, 0.25) is 5.02 Å². The van der Waals surface area contributed by atoms with Crippen LogP contribution in [0.1, 0.15) is 22.4 Å². The molecule has 7 heteroatoms. The molecule has 0 saturated carbocycles. The standard InChI is InChI=1S/C24H24ClN3O2S/c1-17-8-9-22(21(13-17)26-23(29)15-20-7-3-12-31-20)28-11-4-10-27(24(28)30)16-18-5-2-6-19(25)14-18/h2-3,5-9,12-14H,4,10-11,15-16H2,1H3,(H,26,29). The van der Waals surface area contributed by atoms with Crippen molar-refractivity contribution >= 4 is 46.3 Å². The Kier molecular flexibility index (Phi) is 6.59. The van der Waals surface area contributed by atoms with E-state index in [9.17, 15) is 9.59 Å². The van der Waals surface area contributed by atoms with Gasteiger partial charge in [0.2, 0.25) is 5.91 Å². The lowest BCUT2D eigenvalue weighted by Crippen LogP contribution is -2.49. The van der Waals surface area contributed by atoms with Gasteiger partial charge in [0, 0.05) is 29.5 Å². The average molecular weight is 454 g/mol. The fourth-order valence-corrected chi connectivity index (χ4v) is 4.68. The molecular weight excluding hydrogens is 430 g/mol. The first-order chi connectivity index (χ1) is 15.0. The van der Waals surface area contributed by atoms with Crippen molar-refractivity contribution in [2.45, 2.75) is 26.3 Å². The smallest absolute Gasteiger partial charge is 0.324 e. The van der Waals surface area contributed by atoms with Crippen LogP contribution in [-0.4, -0.2) is 29.9 Å². The van der Waals surface area contributed by atoms with E-state index in [4.69, 9.17) is 11.6 Å². The number of carbonyl (C=O) groups is 2. The Morgan fingerprint density at radius 1 is 1.13 bits per heavy atom. The average Bonchev–Trinajstić information content (AvgIpc) is 3.23. The van der Waals surface area contributed by atoms with Gasteiger partial charge in [-0.25, -0.2) is 4.79 Å². The maximum Gasteiger partial charge on any atom is 0.324 e. The number of hydrogen-bond acceptors (Lipinski definition) is 3.